The largest absolute Gasteiger partial charge is 0.462 e. The highest BCUT2D eigenvalue weighted by molar-refractivity contribution is 8.00. The number of benzene rings is 1. The van der Waals surface area contributed by atoms with Crippen molar-refractivity contribution in [2.24, 2.45) is 5.92 Å². The maximum absolute atomic E-state index is 13.0. The Kier molecular flexibility index (Phi) is 7.10. The number of thioether (sulfide) groups is 1. The van der Waals surface area contributed by atoms with Crippen LogP contribution in [0.3, 0.4) is 0 Å². The summed E-state index contributed by atoms with van der Waals surface area (Å²) in [5.41, 5.74) is -4.09. The molecule has 0 spiro atoms. The van der Waals surface area contributed by atoms with E-state index in [9.17, 15) is 32.8 Å². The zero-order chi connectivity index (χ0) is 22.6. The van der Waals surface area contributed by atoms with Gasteiger partial charge in [-0.25, -0.2) is 4.79 Å². The van der Waals surface area contributed by atoms with Gasteiger partial charge in [-0.05, 0) is 44.7 Å². The van der Waals surface area contributed by atoms with E-state index in [2.05, 4.69) is 4.98 Å². The predicted octanol–water partition coefficient (Wildman–Crippen LogP) is 4.63. The van der Waals surface area contributed by atoms with Crippen LogP contribution in [-0.2, 0) is 4.74 Å². The Morgan fingerprint density at radius 1 is 1.10 bits per heavy atom. The molecule has 0 aliphatic rings. The fourth-order valence-electron chi connectivity index (χ4n) is 2.92. The molecule has 0 amide bonds. The fraction of sp³-hybridized carbons (Fsp3) is 0.300. The summed E-state index contributed by atoms with van der Waals surface area (Å²) in [5.74, 6) is -4.30. The Hall–Kier alpha value is -3.06. The van der Waals surface area contributed by atoms with Crippen molar-refractivity contribution in [3.05, 3.63) is 52.3 Å². The van der Waals surface area contributed by atoms with Crippen LogP contribution in [0.15, 0.2) is 29.2 Å². The zero-order valence-electron chi connectivity index (χ0n) is 16.2. The molecule has 0 saturated heterocycles. The lowest BCUT2D eigenvalue weighted by molar-refractivity contribution is -0.0328. The second-order valence-electron chi connectivity index (χ2n) is 6.21. The molecule has 0 aliphatic carbocycles. The summed E-state index contributed by atoms with van der Waals surface area (Å²) in [6.45, 7) is 4.73. The first-order valence-corrected chi connectivity index (χ1v) is 9.51. The molecule has 2 aromatic rings. The molecule has 158 valence electrons. The third-order valence-electron chi connectivity index (χ3n) is 4.13. The van der Waals surface area contributed by atoms with Gasteiger partial charge < -0.3 is 9.72 Å². The van der Waals surface area contributed by atoms with E-state index in [1.165, 1.54) is 6.92 Å². The van der Waals surface area contributed by atoms with Crippen molar-refractivity contribution in [2.75, 3.05) is 6.61 Å². The van der Waals surface area contributed by atoms with E-state index < -0.39 is 29.0 Å². The van der Waals surface area contributed by atoms with Crippen LogP contribution in [0, 0.1) is 31.1 Å². The highest BCUT2D eigenvalue weighted by atomic mass is 32.2. The topological polar surface area (TPSA) is 100 Å². The van der Waals surface area contributed by atoms with Crippen LogP contribution in [0.5, 0.6) is 0 Å². The number of carbonyl (C=O) groups excluding carboxylic acids is 3. The number of halogens is 3. The lowest BCUT2D eigenvalue weighted by Crippen LogP contribution is -2.25. The Morgan fingerprint density at radius 2 is 1.67 bits per heavy atom. The Bertz CT molecular complexity index is 1020. The molecular weight excluding hydrogens is 421 g/mol. The number of carbonyl (C=O) groups is 3. The van der Waals surface area contributed by atoms with E-state index in [1.54, 1.807) is 19.9 Å². The third kappa shape index (κ3) is 5.10. The lowest BCUT2D eigenvalue weighted by atomic mass is 9.89. The smallest absolute Gasteiger partial charge is 0.446 e. The van der Waals surface area contributed by atoms with Gasteiger partial charge in [0, 0.05) is 21.8 Å². The molecule has 0 radical (unpaired) electrons. The number of hydrogen-bond donors (Lipinski definition) is 1. The Labute approximate surface area is 174 Å². The summed E-state index contributed by atoms with van der Waals surface area (Å²) < 4.78 is 42.3. The van der Waals surface area contributed by atoms with Gasteiger partial charge in [0.15, 0.2) is 17.5 Å². The minimum absolute atomic E-state index is 0.0516. The third-order valence-corrected chi connectivity index (χ3v) is 4.87. The number of hydrogen-bond acceptors (Lipinski definition) is 6. The van der Waals surface area contributed by atoms with E-state index in [4.69, 9.17) is 4.74 Å². The molecule has 1 atom stereocenters. The molecule has 10 heteroatoms. The van der Waals surface area contributed by atoms with Crippen molar-refractivity contribution in [1.29, 1.82) is 5.26 Å². The van der Waals surface area contributed by atoms with Crippen LogP contribution in [0.25, 0.3) is 0 Å². The molecular formula is C20H17F3N2O4S. The highest BCUT2D eigenvalue weighted by Crippen LogP contribution is 2.37. The highest BCUT2D eigenvalue weighted by Gasteiger charge is 2.35. The minimum Gasteiger partial charge on any atom is -0.462 e. The fourth-order valence-corrected chi connectivity index (χ4v) is 3.46. The van der Waals surface area contributed by atoms with Gasteiger partial charge in [0.2, 0.25) is 0 Å². The molecule has 2 rings (SSSR count). The van der Waals surface area contributed by atoms with Gasteiger partial charge in [0.05, 0.1) is 23.8 Å². The minimum atomic E-state index is -4.48. The number of H-pyrrole nitrogens is 1. The average Bonchev–Trinajstić information content (AvgIpc) is 2.95. The standard InChI is InChI=1S/C20H17F3N2O4S/c1-4-29-19(28)16-11(3)25-10(2)15(16)18(27)14(9-24)17(26)12-5-7-13(8-6-12)30-20(21,22)23/h5-8,14,25H,4H2,1-3H3/t14-/m0/s1. The van der Waals surface area contributed by atoms with Crippen molar-refractivity contribution in [1.82, 2.24) is 4.98 Å². The molecule has 1 aromatic carbocycles. The van der Waals surface area contributed by atoms with Gasteiger partial charge in [-0.1, -0.05) is 12.1 Å². The first kappa shape index (κ1) is 23.2. The summed E-state index contributed by atoms with van der Waals surface area (Å²) in [5, 5.41) is 9.46. The van der Waals surface area contributed by atoms with Gasteiger partial charge in [0.1, 0.15) is 0 Å². The molecule has 1 N–H and O–H groups in total. The van der Waals surface area contributed by atoms with Crippen LogP contribution in [0.2, 0.25) is 0 Å². The number of nitriles is 1. The Morgan fingerprint density at radius 3 is 2.17 bits per heavy atom. The summed E-state index contributed by atoms with van der Waals surface area (Å²) in [6.07, 6.45) is 0. The van der Waals surface area contributed by atoms with Crippen molar-refractivity contribution < 1.29 is 32.3 Å². The van der Waals surface area contributed by atoms with E-state index in [1.807, 2.05) is 0 Å². The van der Waals surface area contributed by atoms with Crippen LogP contribution >= 0.6 is 11.8 Å². The van der Waals surface area contributed by atoms with Crippen molar-refractivity contribution >= 4 is 29.3 Å². The van der Waals surface area contributed by atoms with E-state index in [0.717, 1.165) is 24.3 Å². The van der Waals surface area contributed by atoms with Gasteiger partial charge in [-0.15, -0.1) is 0 Å². The number of esters is 1. The second-order valence-corrected chi connectivity index (χ2v) is 7.35. The summed E-state index contributed by atoms with van der Waals surface area (Å²) >= 11 is -0.346. The monoisotopic (exact) mass is 438 g/mol. The van der Waals surface area contributed by atoms with E-state index in [0.29, 0.717) is 11.4 Å². The van der Waals surface area contributed by atoms with Gasteiger partial charge in [-0.2, -0.15) is 18.4 Å². The number of ether oxygens (including phenoxy) is 1. The quantitative estimate of drug-likeness (QED) is 0.293. The SMILES string of the molecule is CCOC(=O)c1c(C)[nH]c(C)c1C(=O)[C@@H](C#N)C(=O)c1ccc(SC(F)(F)F)cc1. The zero-order valence-corrected chi connectivity index (χ0v) is 17.0. The number of rotatable bonds is 7. The average molecular weight is 438 g/mol. The number of ketones is 2. The van der Waals surface area contributed by atoms with Crippen LogP contribution in [-0.4, -0.2) is 34.6 Å². The maximum atomic E-state index is 13.0. The van der Waals surface area contributed by atoms with E-state index in [-0.39, 0.29) is 40.0 Å². The molecule has 0 saturated carbocycles. The maximum Gasteiger partial charge on any atom is 0.446 e. The molecule has 1 heterocycles. The molecule has 6 nitrogen and oxygen atoms in total. The van der Waals surface area contributed by atoms with Crippen LogP contribution in [0.4, 0.5) is 13.2 Å². The van der Waals surface area contributed by atoms with Crippen molar-refractivity contribution in [3.63, 3.8) is 0 Å². The molecule has 0 fully saturated rings. The first-order valence-electron chi connectivity index (χ1n) is 8.70. The first-order chi connectivity index (χ1) is 14.0. The van der Waals surface area contributed by atoms with Crippen LogP contribution < -0.4 is 0 Å². The molecule has 1 aromatic heterocycles. The lowest BCUT2D eigenvalue weighted by Gasteiger charge is -2.11. The molecule has 0 unspecified atom stereocenters. The van der Waals surface area contributed by atoms with Crippen molar-refractivity contribution in [2.45, 2.75) is 31.2 Å². The van der Waals surface area contributed by atoms with Gasteiger partial charge >= 0.3 is 11.5 Å². The summed E-state index contributed by atoms with van der Waals surface area (Å²) in [6, 6.07) is 6.04. The molecule has 0 aliphatic heterocycles. The number of alkyl halides is 3. The van der Waals surface area contributed by atoms with Gasteiger partial charge in [-0.3, -0.25) is 9.59 Å². The van der Waals surface area contributed by atoms with Gasteiger partial charge in [0.25, 0.3) is 0 Å². The number of aryl methyl sites for hydroxylation is 2. The van der Waals surface area contributed by atoms with Crippen molar-refractivity contribution in [3.8, 4) is 6.07 Å². The number of nitrogens with zero attached hydrogens (tertiary/aromatic N) is 1. The number of aromatic nitrogens is 1. The molecule has 30 heavy (non-hydrogen) atoms. The number of aromatic amines is 1. The molecule has 0 bridgehead atoms. The number of Topliss-reactive ketones (excluding diaryl/α,β-unsaturated/α-hetero) is 2. The Balaban J connectivity index is 2.37. The summed E-state index contributed by atoms with van der Waals surface area (Å²) in [4.78, 5) is 40.6. The normalized spacial score (nSPS) is 12.2. The summed E-state index contributed by atoms with van der Waals surface area (Å²) in [7, 11) is 0. The van der Waals surface area contributed by atoms with Crippen LogP contribution in [0.1, 0.15) is 49.4 Å². The predicted molar refractivity (Wildman–Crippen MR) is 102 cm³/mol. The second kappa shape index (κ2) is 9.17. The number of nitrogens with one attached hydrogen (secondary N) is 1. The van der Waals surface area contributed by atoms with E-state index >= 15 is 0 Å².